The second kappa shape index (κ2) is 6.23. The second-order valence-corrected chi connectivity index (χ2v) is 5.48. The molecule has 1 heterocycles. The molecule has 8 heteroatoms. The lowest BCUT2D eigenvalue weighted by Gasteiger charge is -2.18. The smallest absolute Gasteiger partial charge is 0.340 e. The first-order valence-electron chi connectivity index (χ1n) is 6.08. The average Bonchev–Trinajstić information content (AvgIpc) is 2.95. The van der Waals surface area contributed by atoms with Crippen LogP contribution in [0, 0.1) is 0 Å². The molecule has 1 fully saturated rings. The van der Waals surface area contributed by atoms with E-state index >= 15 is 0 Å². The predicted octanol–water partition coefficient (Wildman–Crippen LogP) is 1.19. The molecule has 1 aromatic carbocycles. The Balaban J connectivity index is 2.45. The molecule has 2 rings (SSSR count). The summed E-state index contributed by atoms with van der Waals surface area (Å²) < 4.78 is 10.2. The van der Waals surface area contributed by atoms with Gasteiger partial charge in [-0.1, -0.05) is 6.07 Å². The summed E-state index contributed by atoms with van der Waals surface area (Å²) in [5.41, 5.74) is 0.446. The zero-order valence-corrected chi connectivity index (χ0v) is 12.3. The van der Waals surface area contributed by atoms with Crippen LogP contribution in [0.5, 0.6) is 11.5 Å². The van der Waals surface area contributed by atoms with Crippen molar-refractivity contribution in [1.82, 2.24) is 5.32 Å². The Hall–Kier alpha value is -1.93. The molecule has 0 amide bonds. The van der Waals surface area contributed by atoms with Crippen molar-refractivity contribution in [3.8, 4) is 11.5 Å². The minimum Gasteiger partial charge on any atom is -0.493 e. The fourth-order valence-corrected chi connectivity index (χ4v) is 3.43. The number of carboxylic acids is 2. The van der Waals surface area contributed by atoms with E-state index in [0.717, 1.165) is 0 Å². The Bertz CT molecular complexity index is 576. The van der Waals surface area contributed by atoms with Crippen molar-refractivity contribution in [1.29, 1.82) is 0 Å². The SMILES string of the molecule is COc1ccc([C@@H]2N[C@@H](C(=O)O)CS2)c(C(=O)O)c1OC. The molecule has 3 N–H and O–H groups in total. The Morgan fingerprint density at radius 2 is 2.00 bits per heavy atom. The fraction of sp³-hybridized carbons (Fsp3) is 0.385. The molecule has 0 spiro atoms. The highest BCUT2D eigenvalue weighted by molar-refractivity contribution is 7.99. The molecule has 0 unspecified atom stereocenters. The summed E-state index contributed by atoms with van der Waals surface area (Å²) in [6.07, 6.45) is 0. The molecule has 0 saturated carbocycles. The van der Waals surface area contributed by atoms with Crippen LogP contribution in [-0.2, 0) is 4.79 Å². The lowest BCUT2D eigenvalue weighted by molar-refractivity contribution is -0.138. The van der Waals surface area contributed by atoms with Gasteiger partial charge in [-0.25, -0.2) is 4.79 Å². The van der Waals surface area contributed by atoms with Gasteiger partial charge in [0.05, 0.1) is 19.6 Å². The topological polar surface area (TPSA) is 105 Å². The molecule has 2 atom stereocenters. The molecule has 1 saturated heterocycles. The molecule has 0 radical (unpaired) electrons. The van der Waals surface area contributed by atoms with Gasteiger partial charge in [-0.05, 0) is 11.6 Å². The van der Waals surface area contributed by atoms with E-state index in [1.54, 1.807) is 12.1 Å². The minimum atomic E-state index is -1.15. The van der Waals surface area contributed by atoms with Gasteiger partial charge < -0.3 is 19.7 Å². The number of hydrogen-bond acceptors (Lipinski definition) is 6. The normalized spacial score (nSPS) is 21.0. The molecular formula is C13H15NO6S. The van der Waals surface area contributed by atoms with Crippen molar-refractivity contribution in [3.05, 3.63) is 23.3 Å². The Morgan fingerprint density at radius 3 is 2.48 bits per heavy atom. The van der Waals surface area contributed by atoms with Crippen LogP contribution in [0.25, 0.3) is 0 Å². The highest BCUT2D eigenvalue weighted by atomic mass is 32.2. The number of rotatable bonds is 5. The number of thioether (sulfide) groups is 1. The van der Waals surface area contributed by atoms with E-state index in [2.05, 4.69) is 5.32 Å². The van der Waals surface area contributed by atoms with E-state index in [1.807, 2.05) is 0 Å². The van der Waals surface area contributed by atoms with Gasteiger partial charge in [0, 0.05) is 5.75 Å². The lowest BCUT2D eigenvalue weighted by atomic mass is 10.0. The molecule has 1 aliphatic rings. The highest BCUT2D eigenvalue weighted by Gasteiger charge is 2.34. The van der Waals surface area contributed by atoms with Crippen LogP contribution in [0.1, 0.15) is 21.3 Å². The van der Waals surface area contributed by atoms with Gasteiger partial charge in [-0.3, -0.25) is 10.1 Å². The van der Waals surface area contributed by atoms with Crippen LogP contribution >= 0.6 is 11.8 Å². The standard InChI is InChI=1S/C13H15NO6S/c1-19-8-4-3-6(9(13(17)18)10(8)20-2)11-14-7(5-21-11)12(15)16/h3-4,7,11,14H,5H2,1-2H3,(H,15,16)(H,17,18)/t7-,11-/m1/s1. The summed E-state index contributed by atoms with van der Waals surface area (Å²) in [6, 6.07) is 2.52. The summed E-state index contributed by atoms with van der Waals surface area (Å²) in [5.74, 6) is -1.29. The molecule has 0 aliphatic carbocycles. The highest BCUT2D eigenvalue weighted by Crippen LogP contribution is 2.41. The van der Waals surface area contributed by atoms with E-state index in [0.29, 0.717) is 17.1 Å². The Labute approximate surface area is 125 Å². The molecule has 1 aromatic rings. The van der Waals surface area contributed by atoms with E-state index in [-0.39, 0.29) is 11.3 Å². The summed E-state index contributed by atoms with van der Waals surface area (Å²) >= 11 is 1.34. The predicted molar refractivity (Wildman–Crippen MR) is 76.3 cm³/mol. The summed E-state index contributed by atoms with van der Waals surface area (Å²) in [4.78, 5) is 22.5. The van der Waals surface area contributed by atoms with Crippen LogP contribution < -0.4 is 14.8 Å². The maximum absolute atomic E-state index is 11.6. The van der Waals surface area contributed by atoms with Gasteiger partial charge in [0.2, 0.25) is 0 Å². The van der Waals surface area contributed by atoms with Gasteiger partial charge in [-0.2, -0.15) is 0 Å². The monoisotopic (exact) mass is 313 g/mol. The van der Waals surface area contributed by atoms with Crippen LogP contribution in [0.15, 0.2) is 12.1 Å². The van der Waals surface area contributed by atoms with Crippen LogP contribution in [0.2, 0.25) is 0 Å². The van der Waals surface area contributed by atoms with E-state index in [4.69, 9.17) is 14.6 Å². The van der Waals surface area contributed by atoms with Crippen molar-refractivity contribution < 1.29 is 29.3 Å². The number of aromatic carboxylic acids is 1. The van der Waals surface area contributed by atoms with Gasteiger partial charge in [0.1, 0.15) is 11.6 Å². The van der Waals surface area contributed by atoms with Crippen molar-refractivity contribution in [2.45, 2.75) is 11.4 Å². The zero-order chi connectivity index (χ0) is 15.6. The Morgan fingerprint density at radius 1 is 1.29 bits per heavy atom. The van der Waals surface area contributed by atoms with Crippen LogP contribution in [-0.4, -0.2) is 48.2 Å². The van der Waals surface area contributed by atoms with Crippen LogP contribution in [0.4, 0.5) is 0 Å². The number of ether oxygens (including phenoxy) is 2. The van der Waals surface area contributed by atoms with E-state index < -0.39 is 23.4 Å². The molecular weight excluding hydrogens is 298 g/mol. The molecule has 1 aliphatic heterocycles. The van der Waals surface area contributed by atoms with Gasteiger partial charge >= 0.3 is 11.9 Å². The van der Waals surface area contributed by atoms with Gasteiger partial charge in [0.15, 0.2) is 11.5 Å². The van der Waals surface area contributed by atoms with E-state index in [9.17, 15) is 14.7 Å². The van der Waals surface area contributed by atoms with Crippen LogP contribution in [0.3, 0.4) is 0 Å². The molecule has 0 aromatic heterocycles. The summed E-state index contributed by atoms with van der Waals surface area (Å²) in [6.45, 7) is 0. The quantitative estimate of drug-likeness (QED) is 0.744. The second-order valence-electron chi connectivity index (χ2n) is 4.34. The third kappa shape index (κ3) is 2.91. The third-order valence-corrected chi connectivity index (χ3v) is 4.40. The van der Waals surface area contributed by atoms with E-state index in [1.165, 1.54) is 26.0 Å². The summed E-state index contributed by atoms with van der Waals surface area (Å²) in [5, 5.41) is 20.9. The molecule has 21 heavy (non-hydrogen) atoms. The van der Waals surface area contributed by atoms with Crippen molar-refractivity contribution in [3.63, 3.8) is 0 Å². The largest absolute Gasteiger partial charge is 0.493 e. The van der Waals surface area contributed by atoms with Crippen molar-refractivity contribution in [2.24, 2.45) is 0 Å². The van der Waals surface area contributed by atoms with Gasteiger partial charge in [0.25, 0.3) is 0 Å². The molecule has 0 bridgehead atoms. The number of carbonyl (C=O) groups is 2. The number of methoxy groups -OCH3 is 2. The average molecular weight is 313 g/mol. The summed E-state index contributed by atoms with van der Waals surface area (Å²) in [7, 11) is 2.79. The maximum atomic E-state index is 11.6. The first-order valence-corrected chi connectivity index (χ1v) is 7.13. The third-order valence-electron chi connectivity index (χ3n) is 3.15. The molecule has 7 nitrogen and oxygen atoms in total. The fourth-order valence-electron chi connectivity index (χ4n) is 2.17. The zero-order valence-electron chi connectivity index (χ0n) is 11.5. The number of carboxylic acid groups (broad SMARTS) is 2. The first-order chi connectivity index (χ1) is 9.99. The number of benzene rings is 1. The minimum absolute atomic E-state index is 0.0205. The number of nitrogens with one attached hydrogen (secondary N) is 1. The van der Waals surface area contributed by atoms with Gasteiger partial charge in [-0.15, -0.1) is 11.8 Å². The first kappa shape index (κ1) is 15.5. The number of aliphatic carboxylic acids is 1. The van der Waals surface area contributed by atoms with Crippen molar-refractivity contribution in [2.75, 3.05) is 20.0 Å². The number of hydrogen-bond donors (Lipinski definition) is 3. The van der Waals surface area contributed by atoms with Crippen molar-refractivity contribution >= 4 is 23.7 Å². The maximum Gasteiger partial charge on any atom is 0.340 e. The molecule has 114 valence electrons. The lowest BCUT2D eigenvalue weighted by Crippen LogP contribution is -2.34. The Kier molecular flexibility index (Phi) is 4.59.